The summed E-state index contributed by atoms with van der Waals surface area (Å²) in [6.07, 6.45) is 11.3. The van der Waals surface area contributed by atoms with E-state index in [4.69, 9.17) is 5.73 Å². The van der Waals surface area contributed by atoms with Crippen LogP contribution in [0.3, 0.4) is 0 Å². The van der Waals surface area contributed by atoms with Crippen molar-refractivity contribution in [2.75, 3.05) is 0 Å². The van der Waals surface area contributed by atoms with Crippen molar-refractivity contribution in [3.8, 4) is 11.1 Å². The Kier molecular flexibility index (Phi) is 23.7. The predicted molar refractivity (Wildman–Crippen MR) is 338 cm³/mol. The molecule has 76 heavy (non-hydrogen) atoms. The first kappa shape index (κ1) is 59.1. The second-order valence-corrected chi connectivity index (χ2v) is 27.1. The topological polar surface area (TPSA) is 23.8 Å². The molecule has 387 valence electrons. The molecule has 2 aliphatic rings. The minimum atomic E-state index is -1.37. The van der Waals surface area contributed by atoms with Gasteiger partial charge in [-0.05, 0) is 132 Å². The van der Waals surface area contributed by atoms with Crippen molar-refractivity contribution in [1.29, 1.82) is 0 Å². The van der Waals surface area contributed by atoms with Crippen molar-refractivity contribution in [2.24, 2.45) is 5.92 Å². The van der Waals surface area contributed by atoms with E-state index in [1.165, 1.54) is 126 Å². The van der Waals surface area contributed by atoms with E-state index in [1.807, 2.05) is 17.3 Å². The van der Waals surface area contributed by atoms with Crippen LogP contribution < -0.4 is 42.4 Å². The zero-order valence-electron chi connectivity index (χ0n) is 42.7. The maximum absolute atomic E-state index is 8.24. The number of rotatable bonds is 11. The van der Waals surface area contributed by atoms with Crippen LogP contribution in [-0.4, -0.2) is 11.7 Å². The van der Waals surface area contributed by atoms with Gasteiger partial charge < -0.3 is 5.73 Å². The molecule has 0 aliphatic heterocycles. The van der Waals surface area contributed by atoms with Gasteiger partial charge >= 0.3 is 27.0 Å². The van der Waals surface area contributed by atoms with E-state index < -0.39 is 23.8 Å². The van der Waals surface area contributed by atoms with Gasteiger partial charge in [-0.15, -0.1) is 6.04 Å². The van der Waals surface area contributed by atoms with Crippen molar-refractivity contribution < 1.29 is 34.4 Å². The first-order valence-electron chi connectivity index (χ1n) is 26.5. The molecular formula is C69H72ClFeNP3Ru+4. The summed E-state index contributed by atoms with van der Waals surface area (Å²) in [5.74, 6) is 0.569. The smallest absolute Gasteiger partial charge is 0.0620 e. The molecule has 2 fully saturated rings. The van der Waals surface area contributed by atoms with Gasteiger partial charge in [0, 0.05) is 28.2 Å². The second-order valence-electron chi connectivity index (χ2n) is 19.5. The number of hydrogen-bond donors (Lipinski definition) is 0. The predicted octanol–water partition coefficient (Wildman–Crippen LogP) is 16.4. The van der Waals surface area contributed by atoms with E-state index in [0.717, 1.165) is 0 Å². The molecule has 3 unspecified atom stereocenters. The fourth-order valence-electron chi connectivity index (χ4n) is 11.5. The first-order chi connectivity index (χ1) is 36.6. The summed E-state index contributed by atoms with van der Waals surface area (Å²) in [5, 5.41) is 16.6. The largest absolute Gasteiger partial charge is 0.111 e. The molecular weight excluding hydrogens is 1130 g/mol. The molecule has 7 heteroatoms. The van der Waals surface area contributed by atoms with Crippen molar-refractivity contribution in [2.45, 2.75) is 77.4 Å². The third-order valence-corrected chi connectivity index (χ3v) is 23.8. The van der Waals surface area contributed by atoms with Crippen LogP contribution in [0.2, 0.25) is 0 Å². The van der Waals surface area contributed by atoms with Crippen LogP contribution in [0, 0.1) is 5.92 Å². The molecule has 2 saturated carbocycles. The van der Waals surface area contributed by atoms with Gasteiger partial charge in [-0.1, -0.05) is 216 Å². The van der Waals surface area contributed by atoms with E-state index in [9.17, 15) is 0 Å². The molecule has 0 bridgehead atoms. The Balaban J connectivity index is 0.000000233. The molecule has 12 rings (SSSR count). The minimum absolute atomic E-state index is 0. The molecule has 0 heterocycles. The summed E-state index contributed by atoms with van der Waals surface area (Å²) in [6, 6.07) is 94.3. The molecule has 2 aliphatic carbocycles. The monoisotopic (exact) mass is 1200 g/mol. The molecule has 0 spiro atoms. The van der Waals surface area contributed by atoms with Crippen molar-refractivity contribution in [1.82, 2.24) is 0 Å². The standard InChI is InChI=1S/C44H32P2.C19H23NP.C5H10.CH4.ClH.Fe.Ru/c1-5-19-35(20-6-1)45(36-21-7-2-8-22-36)41-31-29-33-17-13-15-27-39(33)43(41)44-40-28-16-14-18-34(40)30-32-42(44)46(37-23-9-3-10-24-37)38-25-11-4-12-26-38;1-15(20)18-13-8-14-19(18)21(16-9-4-2-5-10-16)17-11-6-3-7-12-17;1-2-4-5-3-1;;;;/h1-32H;2-7,9-12,15,18-20H,8,13-14H2,1H3;1-5H2;1H4;1H;;/q;-1;;;;;+3/p+2. The minimum Gasteiger partial charge on any atom is -0.0620 e. The third kappa shape index (κ3) is 14.4. The van der Waals surface area contributed by atoms with Gasteiger partial charge in [0.2, 0.25) is 0 Å². The summed E-state index contributed by atoms with van der Waals surface area (Å²) in [7, 11) is 1.04. The molecule has 0 radical (unpaired) electrons. The van der Waals surface area contributed by atoms with Crippen LogP contribution in [0.5, 0.6) is 0 Å². The van der Waals surface area contributed by atoms with Gasteiger partial charge in [-0.25, -0.2) is 0 Å². The van der Waals surface area contributed by atoms with Crippen LogP contribution in [0.1, 0.15) is 65.7 Å². The Morgan fingerprint density at radius 3 is 0.987 bits per heavy atom. The molecule has 1 N–H and O–H groups in total. The fourth-order valence-corrected chi connectivity index (χ4v) is 20.7. The molecule has 10 aromatic carbocycles. The molecule has 0 saturated heterocycles. The molecule has 1 nitrogen and oxygen atoms in total. The number of nitrogens with one attached hydrogen (secondary N) is 1. The Morgan fingerprint density at radius 2 is 0.671 bits per heavy atom. The zero-order valence-corrected chi connectivity index (χ0v) is 49.3. The number of halogens is 1. The average molecular weight is 1200 g/mol. The quantitative estimate of drug-likeness (QED) is 0.0910. The maximum atomic E-state index is 8.24. The molecule has 3 atom stereocenters. The van der Waals surface area contributed by atoms with E-state index in [1.54, 1.807) is 0 Å². The van der Waals surface area contributed by atoms with Gasteiger partial charge in [0.1, 0.15) is 31.8 Å². The number of hydrogen-bond acceptors (Lipinski definition) is 0. The van der Waals surface area contributed by atoms with Crippen molar-refractivity contribution in [3.05, 3.63) is 261 Å². The SMILES string of the molecule is C.C1CCCC1.CC([NH-])C1CCCC1[PH+](c1ccccc1)c1ccccc1.[Cl][Ru+2].[Fe].c1ccc([PH+](c2ccccc2)c2ccc3ccccc3c2-c2c([PH+](c3ccccc3)c3ccccc3)ccc3ccccc23)cc1. The van der Waals surface area contributed by atoms with Gasteiger partial charge in [-0.3, -0.25) is 0 Å². The summed E-state index contributed by atoms with van der Waals surface area (Å²) < 4.78 is 0. The first-order valence-corrected chi connectivity index (χ1v) is 33.3. The van der Waals surface area contributed by atoms with Crippen LogP contribution >= 0.6 is 33.5 Å². The maximum Gasteiger partial charge on any atom is 0.111 e. The average Bonchev–Trinajstić information content (AvgIpc) is 4.29. The molecule has 0 aromatic heterocycles. The van der Waals surface area contributed by atoms with Crippen molar-refractivity contribution in [3.63, 3.8) is 0 Å². The van der Waals surface area contributed by atoms with Gasteiger partial charge in [0.15, 0.2) is 0 Å². The van der Waals surface area contributed by atoms with Gasteiger partial charge in [-0.2, -0.15) is 0 Å². The van der Waals surface area contributed by atoms with Crippen molar-refractivity contribution >= 4 is 97.4 Å². The van der Waals surface area contributed by atoms with Gasteiger partial charge in [0.25, 0.3) is 0 Å². The van der Waals surface area contributed by atoms with Crippen LogP contribution in [0.25, 0.3) is 38.4 Å². The van der Waals surface area contributed by atoms with Gasteiger partial charge in [0.05, 0.1) is 40.0 Å². The number of benzene rings is 10. The summed E-state index contributed by atoms with van der Waals surface area (Å²) >= 11 is 1.82. The van der Waals surface area contributed by atoms with E-state index in [-0.39, 0.29) is 30.5 Å². The van der Waals surface area contributed by atoms with E-state index in [0.29, 0.717) is 11.6 Å². The van der Waals surface area contributed by atoms with E-state index in [2.05, 4.69) is 271 Å². The third-order valence-electron chi connectivity index (χ3n) is 14.9. The van der Waals surface area contributed by atoms with Crippen LogP contribution in [0.4, 0.5) is 0 Å². The van der Waals surface area contributed by atoms with Crippen LogP contribution in [0.15, 0.2) is 255 Å². The fraction of sp³-hybridized carbons (Fsp3) is 0.188. The van der Waals surface area contributed by atoms with Crippen LogP contribution in [-0.2, 0) is 34.4 Å². The normalized spacial score (nSPS) is 15.0. The Bertz CT molecular complexity index is 2970. The van der Waals surface area contributed by atoms with E-state index >= 15 is 0 Å². The zero-order chi connectivity index (χ0) is 50.9. The number of fused-ring (bicyclic) bond motifs is 2. The second kappa shape index (κ2) is 30.5. The Morgan fingerprint density at radius 1 is 0.382 bits per heavy atom. The Labute approximate surface area is 483 Å². The summed E-state index contributed by atoms with van der Waals surface area (Å²) in [4.78, 5) is 0. The Hall–Kier alpha value is -4.60. The molecule has 0 amide bonds. The summed E-state index contributed by atoms with van der Waals surface area (Å²) in [5.41, 5.74) is 11.7. The summed E-state index contributed by atoms with van der Waals surface area (Å²) in [6.45, 7) is 2.08. The molecule has 10 aromatic rings.